The largest absolute Gasteiger partial charge is 0.477 e. The Kier molecular flexibility index (Phi) is 8.40. The summed E-state index contributed by atoms with van der Waals surface area (Å²) in [5.74, 6) is 0.950. The van der Waals surface area contributed by atoms with Gasteiger partial charge in [0.05, 0.1) is 22.7 Å². The van der Waals surface area contributed by atoms with Gasteiger partial charge in [-0.2, -0.15) is 0 Å². The highest BCUT2D eigenvalue weighted by Crippen LogP contribution is 2.45. The molecule has 8 rings (SSSR count). The number of aromatic carboxylic acids is 1. The highest BCUT2D eigenvalue weighted by molar-refractivity contribution is 6.34. The van der Waals surface area contributed by atoms with Crippen LogP contribution in [0.5, 0.6) is 5.75 Å². The molecule has 0 radical (unpaired) electrons. The van der Waals surface area contributed by atoms with Gasteiger partial charge in [-0.3, -0.25) is 9.88 Å². The van der Waals surface area contributed by atoms with Gasteiger partial charge in [0.15, 0.2) is 16.9 Å². The molecule has 2 saturated heterocycles. The molecule has 3 aromatic heterocycles. The minimum Gasteiger partial charge on any atom is -0.477 e. The lowest BCUT2D eigenvalue weighted by molar-refractivity contribution is -0.0585. The number of ether oxygens (including phenoxy) is 2. The van der Waals surface area contributed by atoms with Gasteiger partial charge in [-0.15, -0.1) is 0 Å². The topological polar surface area (TPSA) is 103 Å². The molecule has 9 nitrogen and oxygen atoms in total. The van der Waals surface area contributed by atoms with Crippen LogP contribution >= 0.6 is 23.2 Å². The Hall–Kier alpha value is -4.28. The summed E-state index contributed by atoms with van der Waals surface area (Å²) in [7, 11) is 0. The normalized spacial score (nSPS) is 20.9. The lowest BCUT2D eigenvalue weighted by Gasteiger charge is -2.36. The van der Waals surface area contributed by atoms with E-state index in [1.807, 2.05) is 23.6 Å². The molecule has 250 valence electrons. The Morgan fingerprint density at radius 3 is 2.61 bits per heavy atom. The Morgan fingerprint density at radius 2 is 1.86 bits per heavy atom. The van der Waals surface area contributed by atoms with Crippen LogP contribution in [0, 0.1) is 0 Å². The first-order chi connectivity index (χ1) is 23.8. The van der Waals surface area contributed by atoms with Gasteiger partial charge in [0.2, 0.25) is 0 Å². The van der Waals surface area contributed by atoms with Crippen molar-refractivity contribution in [3.05, 3.63) is 111 Å². The number of benzene rings is 2. The molecule has 0 unspecified atom stereocenters. The molecule has 0 saturated carbocycles. The number of nitrogens with zero attached hydrogens (tertiary/aromatic N) is 5. The number of hydrogen-bond donors (Lipinski definition) is 1. The van der Waals surface area contributed by atoms with Gasteiger partial charge in [0.25, 0.3) is 0 Å². The van der Waals surface area contributed by atoms with Crippen LogP contribution in [-0.4, -0.2) is 61.3 Å². The van der Waals surface area contributed by atoms with Crippen LogP contribution < -0.4 is 4.74 Å². The zero-order valence-electron chi connectivity index (χ0n) is 27.0. The fourth-order valence-corrected chi connectivity index (χ4v) is 7.76. The molecule has 3 aliphatic rings. The SMILES string of the molecule is C[C@]1(c2ncc(Cl)cc2Cl)C=Cc2cccc(C3CCN(Cc4ccccc4-c4nc5ccc(C(=O)O)nc5n4C[C@@H]4CCO4)CC3)c2O1. The number of aromatic nitrogens is 4. The van der Waals surface area contributed by atoms with Gasteiger partial charge in [-0.25, -0.2) is 14.8 Å². The van der Waals surface area contributed by atoms with Crippen molar-refractivity contribution >= 4 is 46.4 Å². The van der Waals surface area contributed by atoms with Crippen LogP contribution in [0.15, 0.2) is 72.9 Å². The molecule has 0 aliphatic carbocycles. The number of pyridine rings is 2. The van der Waals surface area contributed by atoms with E-state index in [0.29, 0.717) is 39.4 Å². The number of piperidine rings is 1. The fraction of sp³-hybridized carbons (Fsp3) is 0.316. The van der Waals surface area contributed by atoms with E-state index >= 15 is 0 Å². The summed E-state index contributed by atoms with van der Waals surface area (Å²) >= 11 is 12.7. The number of imidazole rings is 1. The number of likely N-dealkylation sites (tertiary alicyclic amines) is 1. The fourth-order valence-electron chi connectivity index (χ4n) is 7.20. The van der Waals surface area contributed by atoms with E-state index in [4.69, 9.17) is 37.7 Å². The van der Waals surface area contributed by atoms with Crippen LogP contribution in [0.4, 0.5) is 0 Å². The molecular weight excluding hydrogens is 661 g/mol. The summed E-state index contributed by atoms with van der Waals surface area (Å²) in [5.41, 5.74) is 5.50. The number of para-hydroxylation sites is 1. The Morgan fingerprint density at radius 1 is 1.04 bits per heavy atom. The van der Waals surface area contributed by atoms with Crippen LogP contribution in [-0.2, 0) is 23.4 Å². The number of hydrogen-bond acceptors (Lipinski definition) is 7. The monoisotopic (exact) mass is 695 g/mol. The molecule has 2 aromatic carbocycles. The van der Waals surface area contributed by atoms with Crippen LogP contribution in [0.1, 0.15) is 65.0 Å². The lowest BCUT2D eigenvalue weighted by atomic mass is 9.86. The van der Waals surface area contributed by atoms with Gasteiger partial charge in [-0.05, 0) is 80.6 Å². The average Bonchev–Trinajstić information content (AvgIpc) is 3.44. The molecule has 6 heterocycles. The molecule has 11 heteroatoms. The van der Waals surface area contributed by atoms with Crippen molar-refractivity contribution in [1.82, 2.24) is 24.4 Å². The Balaban J connectivity index is 1.03. The van der Waals surface area contributed by atoms with Crippen molar-refractivity contribution in [2.24, 2.45) is 0 Å². The summed E-state index contributed by atoms with van der Waals surface area (Å²) in [6, 6.07) is 19.7. The smallest absolute Gasteiger partial charge is 0.354 e. The zero-order chi connectivity index (χ0) is 33.7. The summed E-state index contributed by atoms with van der Waals surface area (Å²) in [6.07, 6.45) is 8.69. The summed E-state index contributed by atoms with van der Waals surface area (Å²) in [5, 5.41) is 10.6. The quantitative estimate of drug-likeness (QED) is 0.174. The maximum Gasteiger partial charge on any atom is 0.354 e. The van der Waals surface area contributed by atoms with Gasteiger partial charge in [0.1, 0.15) is 22.8 Å². The van der Waals surface area contributed by atoms with Crippen molar-refractivity contribution in [2.45, 2.75) is 56.9 Å². The van der Waals surface area contributed by atoms with Crippen molar-refractivity contribution in [3.8, 4) is 17.1 Å². The van der Waals surface area contributed by atoms with Gasteiger partial charge < -0.3 is 19.1 Å². The van der Waals surface area contributed by atoms with Gasteiger partial charge in [-0.1, -0.05) is 71.7 Å². The summed E-state index contributed by atoms with van der Waals surface area (Å²) in [6.45, 7) is 5.91. The number of rotatable bonds is 8. The highest BCUT2D eigenvalue weighted by Gasteiger charge is 2.36. The number of carboxylic acids is 1. The van der Waals surface area contributed by atoms with E-state index in [-0.39, 0.29) is 11.8 Å². The van der Waals surface area contributed by atoms with Crippen LogP contribution in [0.2, 0.25) is 10.0 Å². The van der Waals surface area contributed by atoms with E-state index in [1.165, 1.54) is 17.2 Å². The van der Waals surface area contributed by atoms with Crippen molar-refractivity contribution in [1.29, 1.82) is 0 Å². The first-order valence-electron chi connectivity index (χ1n) is 16.6. The highest BCUT2D eigenvalue weighted by atomic mass is 35.5. The van der Waals surface area contributed by atoms with E-state index in [1.54, 1.807) is 18.3 Å². The first kappa shape index (κ1) is 32.0. The van der Waals surface area contributed by atoms with Crippen molar-refractivity contribution < 1.29 is 19.4 Å². The Bertz CT molecular complexity index is 2100. The van der Waals surface area contributed by atoms with Crippen molar-refractivity contribution in [3.63, 3.8) is 0 Å². The van der Waals surface area contributed by atoms with Crippen LogP contribution in [0.25, 0.3) is 28.6 Å². The average molecular weight is 697 g/mol. The van der Waals surface area contributed by atoms with E-state index in [0.717, 1.165) is 68.2 Å². The second-order valence-corrected chi connectivity index (χ2v) is 14.0. The molecule has 3 aliphatic heterocycles. The minimum absolute atomic E-state index is 0.00191. The third kappa shape index (κ3) is 6.10. The van der Waals surface area contributed by atoms with Crippen LogP contribution in [0.3, 0.4) is 0 Å². The number of carbonyl (C=O) groups is 1. The molecule has 1 N–H and O–H groups in total. The Labute approximate surface area is 294 Å². The predicted octanol–water partition coefficient (Wildman–Crippen LogP) is 7.99. The molecular formula is C38H35Cl2N5O4. The maximum absolute atomic E-state index is 11.7. The molecule has 0 amide bonds. The molecule has 2 fully saturated rings. The standard InChI is InChI=1S/C38H35Cl2N5O4/c1-38(34-30(40)19-26(39)20-41-34)15-11-24-6-4-8-28(33(24)49-38)23-12-16-44(17-13-23)21-25-5-2-3-7-29(25)35-42-31-9-10-32(37(46)47)43-36(31)45(35)22-27-14-18-48-27/h2-11,15,19-20,23,27H,12-14,16-18,21-22H2,1H3,(H,46,47)/t27-,38+/m0/s1. The van der Waals surface area contributed by atoms with Crippen molar-refractivity contribution in [2.75, 3.05) is 19.7 Å². The van der Waals surface area contributed by atoms with Gasteiger partial charge >= 0.3 is 5.97 Å². The van der Waals surface area contributed by atoms with E-state index in [2.05, 4.69) is 57.3 Å². The number of fused-ring (bicyclic) bond motifs is 2. The second kappa shape index (κ2) is 12.9. The second-order valence-electron chi connectivity index (χ2n) is 13.2. The molecule has 5 aromatic rings. The number of halogens is 2. The number of carboxylic acid groups (broad SMARTS) is 1. The maximum atomic E-state index is 11.7. The van der Waals surface area contributed by atoms with E-state index in [9.17, 15) is 9.90 Å². The minimum atomic E-state index is -1.06. The molecule has 2 atom stereocenters. The predicted molar refractivity (Wildman–Crippen MR) is 189 cm³/mol. The lowest BCUT2D eigenvalue weighted by Crippen LogP contribution is -2.34. The molecule has 0 spiro atoms. The first-order valence-corrected chi connectivity index (χ1v) is 17.4. The molecule has 0 bridgehead atoms. The third-order valence-electron chi connectivity index (χ3n) is 9.92. The zero-order valence-corrected chi connectivity index (χ0v) is 28.5. The van der Waals surface area contributed by atoms with Gasteiger partial charge in [0, 0.05) is 30.5 Å². The third-order valence-corrected chi connectivity index (χ3v) is 10.4. The van der Waals surface area contributed by atoms with E-state index < -0.39 is 11.6 Å². The molecule has 49 heavy (non-hydrogen) atoms. The summed E-state index contributed by atoms with van der Waals surface area (Å²) < 4.78 is 14.5. The summed E-state index contributed by atoms with van der Waals surface area (Å²) in [4.78, 5) is 28.2.